The molecule has 1 aliphatic carbocycles. The van der Waals surface area contributed by atoms with E-state index in [1.165, 1.54) is 5.56 Å². The highest BCUT2D eigenvalue weighted by Crippen LogP contribution is 2.65. The smallest absolute Gasteiger partial charge is 0.231 e. The molecule has 1 amide bonds. The first-order valence-electron chi connectivity index (χ1n) is 10.8. The molecule has 2 atom stereocenters. The van der Waals surface area contributed by atoms with E-state index in [1.54, 1.807) is 36.4 Å². The molecule has 3 aromatic rings. The highest BCUT2D eigenvalue weighted by Gasteiger charge is 2.67. The van der Waals surface area contributed by atoms with Gasteiger partial charge in [-0.05, 0) is 65.2 Å². The van der Waals surface area contributed by atoms with Crippen LogP contribution in [0.5, 0.6) is 0 Å². The van der Waals surface area contributed by atoms with Crippen molar-refractivity contribution in [2.75, 3.05) is 11.1 Å². The van der Waals surface area contributed by atoms with Crippen molar-refractivity contribution in [3.63, 3.8) is 0 Å². The standard InChI is InChI=1S/C26H20Cl5N3O/c1-13(34-11-14-2-3-19(32)8-16(14)12-34)21-10-20(4-5-22(21)29)33-25(35)24-23(26(24,30)31)15-6-17(27)9-18(28)7-15/h2-10,23-24H,1,11-12,32H2,(H,33,35). The van der Waals surface area contributed by atoms with Crippen molar-refractivity contribution in [2.45, 2.75) is 23.3 Å². The molecule has 3 aromatic carbocycles. The molecule has 180 valence electrons. The van der Waals surface area contributed by atoms with Crippen LogP contribution in [0.15, 0.2) is 61.2 Å². The maximum absolute atomic E-state index is 13.1. The number of benzene rings is 3. The third-order valence-electron chi connectivity index (χ3n) is 6.46. The van der Waals surface area contributed by atoms with Crippen molar-refractivity contribution in [2.24, 2.45) is 5.92 Å². The summed E-state index contributed by atoms with van der Waals surface area (Å²) >= 11 is 31.7. The van der Waals surface area contributed by atoms with E-state index in [0.29, 0.717) is 39.4 Å². The van der Waals surface area contributed by atoms with Crippen LogP contribution in [0.2, 0.25) is 15.1 Å². The number of fused-ring (bicyclic) bond motifs is 1. The van der Waals surface area contributed by atoms with Gasteiger partial charge in [0.15, 0.2) is 0 Å². The van der Waals surface area contributed by atoms with E-state index < -0.39 is 16.2 Å². The maximum atomic E-state index is 13.1. The van der Waals surface area contributed by atoms with Crippen LogP contribution in [0.4, 0.5) is 11.4 Å². The van der Waals surface area contributed by atoms with Gasteiger partial charge in [0.25, 0.3) is 0 Å². The predicted octanol–water partition coefficient (Wildman–Crippen LogP) is 7.74. The highest BCUT2D eigenvalue weighted by atomic mass is 35.5. The number of nitrogens with one attached hydrogen (secondary N) is 1. The summed E-state index contributed by atoms with van der Waals surface area (Å²) in [6, 6.07) is 16.2. The van der Waals surface area contributed by atoms with E-state index >= 15 is 0 Å². The van der Waals surface area contributed by atoms with Gasteiger partial charge in [-0.3, -0.25) is 4.79 Å². The van der Waals surface area contributed by atoms with Crippen LogP contribution in [0.1, 0.15) is 28.2 Å². The molecule has 4 nitrogen and oxygen atoms in total. The molecule has 0 bridgehead atoms. The van der Waals surface area contributed by atoms with E-state index in [2.05, 4.69) is 16.8 Å². The Morgan fingerprint density at radius 3 is 2.37 bits per heavy atom. The van der Waals surface area contributed by atoms with Gasteiger partial charge in [-0.1, -0.05) is 47.4 Å². The molecule has 1 heterocycles. The third kappa shape index (κ3) is 4.71. The zero-order chi connectivity index (χ0) is 25.1. The van der Waals surface area contributed by atoms with Gasteiger partial charge in [-0.15, -0.1) is 23.2 Å². The van der Waals surface area contributed by atoms with Gasteiger partial charge in [0.2, 0.25) is 5.91 Å². The van der Waals surface area contributed by atoms with Crippen molar-refractivity contribution in [3.05, 3.63) is 98.5 Å². The molecule has 2 aliphatic rings. The number of carbonyl (C=O) groups is 1. The van der Waals surface area contributed by atoms with E-state index in [-0.39, 0.29) is 5.91 Å². The minimum Gasteiger partial charge on any atom is -0.399 e. The SMILES string of the molecule is C=C(c1cc(NC(=O)C2C(c3cc(Cl)cc(Cl)c3)C2(Cl)Cl)ccc1Cl)N1Cc2ccc(N)cc2C1. The Morgan fingerprint density at radius 1 is 0.971 bits per heavy atom. The number of nitrogen functional groups attached to an aromatic ring is 1. The molecule has 0 spiro atoms. The Bertz CT molecular complexity index is 1350. The molecule has 5 rings (SSSR count). The summed E-state index contributed by atoms with van der Waals surface area (Å²) in [7, 11) is 0. The molecular formula is C26H20Cl5N3O. The molecule has 35 heavy (non-hydrogen) atoms. The number of nitrogens with zero attached hydrogens (tertiary/aromatic N) is 1. The normalized spacial score (nSPS) is 19.9. The Kier molecular flexibility index (Phi) is 6.40. The quantitative estimate of drug-likeness (QED) is 0.245. The van der Waals surface area contributed by atoms with E-state index in [9.17, 15) is 4.79 Å². The lowest BCUT2D eigenvalue weighted by atomic mass is 10.1. The largest absolute Gasteiger partial charge is 0.399 e. The summed E-state index contributed by atoms with van der Waals surface area (Å²) in [5.74, 6) is -1.40. The summed E-state index contributed by atoms with van der Waals surface area (Å²) in [6.45, 7) is 5.64. The second-order valence-electron chi connectivity index (χ2n) is 8.85. The summed E-state index contributed by atoms with van der Waals surface area (Å²) in [5.41, 5.74) is 11.8. The zero-order valence-electron chi connectivity index (χ0n) is 18.3. The molecule has 2 unspecified atom stereocenters. The van der Waals surface area contributed by atoms with Crippen LogP contribution in [-0.2, 0) is 17.9 Å². The first-order valence-corrected chi connectivity index (χ1v) is 12.7. The van der Waals surface area contributed by atoms with Gasteiger partial charge in [-0.25, -0.2) is 0 Å². The summed E-state index contributed by atoms with van der Waals surface area (Å²) in [4.78, 5) is 15.2. The fourth-order valence-electron chi connectivity index (χ4n) is 4.64. The lowest BCUT2D eigenvalue weighted by molar-refractivity contribution is -0.117. The van der Waals surface area contributed by atoms with Crippen LogP contribution < -0.4 is 11.1 Å². The number of hydrogen-bond acceptors (Lipinski definition) is 3. The maximum Gasteiger partial charge on any atom is 0.231 e. The van der Waals surface area contributed by atoms with Gasteiger partial charge in [0, 0.05) is 56.7 Å². The monoisotopic (exact) mass is 565 g/mol. The van der Waals surface area contributed by atoms with Crippen molar-refractivity contribution in [1.29, 1.82) is 0 Å². The predicted molar refractivity (Wildman–Crippen MR) is 146 cm³/mol. The number of carbonyl (C=O) groups excluding carboxylic acids is 1. The summed E-state index contributed by atoms with van der Waals surface area (Å²) in [5, 5.41) is 4.36. The minimum absolute atomic E-state index is 0.306. The molecule has 1 saturated carbocycles. The Morgan fingerprint density at radius 2 is 1.66 bits per heavy atom. The Hall–Kier alpha value is -2.08. The van der Waals surface area contributed by atoms with Crippen LogP contribution >= 0.6 is 58.0 Å². The number of hydrogen-bond donors (Lipinski definition) is 2. The molecule has 0 radical (unpaired) electrons. The fourth-order valence-corrected chi connectivity index (χ4v) is 6.24. The average molecular weight is 568 g/mol. The van der Waals surface area contributed by atoms with Gasteiger partial charge >= 0.3 is 0 Å². The van der Waals surface area contributed by atoms with Gasteiger partial charge < -0.3 is 16.0 Å². The number of halogens is 5. The van der Waals surface area contributed by atoms with Crippen molar-refractivity contribution >= 4 is 81.0 Å². The average Bonchev–Trinajstić information content (AvgIpc) is 3.14. The molecule has 1 aliphatic heterocycles. The lowest BCUT2D eigenvalue weighted by Gasteiger charge is -2.22. The van der Waals surface area contributed by atoms with E-state index in [4.69, 9.17) is 63.7 Å². The summed E-state index contributed by atoms with van der Waals surface area (Å²) < 4.78 is -1.26. The molecule has 0 saturated heterocycles. The van der Waals surface area contributed by atoms with Gasteiger partial charge in [-0.2, -0.15) is 0 Å². The number of alkyl halides is 2. The lowest BCUT2D eigenvalue weighted by Crippen LogP contribution is -2.18. The minimum atomic E-state index is -1.26. The Balaban J connectivity index is 1.33. The van der Waals surface area contributed by atoms with Crippen LogP contribution in [-0.4, -0.2) is 15.1 Å². The number of amides is 1. The molecule has 9 heteroatoms. The van der Waals surface area contributed by atoms with E-state index in [1.807, 2.05) is 18.2 Å². The van der Waals surface area contributed by atoms with Crippen LogP contribution in [0.3, 0.4) is 0 Å². The highest BCUT2D eigenvalue weighted by molar-refractivity contribution is 6.53. The van der Waals surface area contributed by atoms with Crippen LogP contribution in [0, 0.1) is 5.92 Å². The number of rotatable bonds is 5. The zero-order valence-corrected chi connectivity index (χ0v) is 22.1. The second kappa shape index (κ2) is 9.10. The first-order chi connectivity index (χ1) is 16.5. The first kappa shape index (κ1) is 24.6. The molecule has 3 N–H and O–H groups in total. The van der Waals surface area contributed by atoms with Crippen LogP contribution in [0.25, 0.3) is 5.70 Å². The fraction of sp³-hybridized carbons (Fsp3) is 0.192. The Labute approximate surface area is 228 Å². The molecule has 0 aromatic heterocycles. The summed E-state index contributed by atoms with van der Waals surface area (Å²) in [6.07, 6.45) is 0. The van der Waals surface area contributed by atoms with Crippen molar-refractivity contribution in [1.82, 2.24) is 4.90 Å². The number of nitrogens with two attached hydrogens (primary N) is 1. The molecule has 1 fully saturated rings. The second-order valence-corrected chi connectivity index (χ2v) is 11.6. The molecular weight excluding hydrogens is 548 g/mol. The van der Waals surface area contributed by atoms with Crippen molar-refractivity contribution in [3.8, 4) is 0 Å². The third-order valence-corrected chi connectivity index (χ3v) is 8.17. The number of anilines is 2. The van der Waals surface area contributed by atoms with Gasteiger partial charge in [0.1, 0.15) is 4.33 Å². The topological polar surface area (TPSA) is 58.4 Å². The van der Waals surface area contributed by atoms with Crippen molar-refractivity contribution < 1.29 is 4.79 Å². The van der Waals surface area contributed by atoms with Gasteiger partial charge in [0.05, 0.1) is 5.92 Å². The van der Waals surface area contributed by atoms with E-state index in [0.717, 1.165) is 22.5 Å².